The van der Waals surface area contributed by atoms with Gasteiger partial charge in [0, 0.05) is 6.20 Å². The van der Waals surface area contributed by atoms with Gasteiger partial charge in [-0.15, -0.1) is 0 Å². The van der Waals surface area contributed by atoms with Crippen molar-refractivity contribution >= 4 is 53.5 Å². The number of rotatable bonds is 3. The fourth-order valence-corrected chi connectivity index (χ4v) is 3.37. The maximum Gasteiger partial charge on any atom is 0.266 e. The van der Waals surface area contributed by atoms with E-state index < -0.39 is 10.0 Å². The minimum Gasteiger partial charge on any atom is -0.383 e. The van der Waals surface area contributed by atoms with Crippen molar-refractivity contribution in [2.24, 2.45) is 0 Å². The Labute approximate surface area is 126 Å². The van der Waals surface area contributed by atoms with Crippen molar-refractivity contribution in [3.05, 3.63) is 33.7 Å². The minimum atomic E-state index is -3.86. The highest BCUT2D eigenvalue weighted by Gasteiger charge is 2.20. The molecule has 2 rings (SSSR count). The minimum absolute atomic E-state index is 0.0615. The molecule has 0 fully saturated rings. The first-order valence-corrected chi connectivity index (χ1v) is 7.88. The van der Waals surface area contributed by atoms with Crippen molar-refractivity contribution in [1.82, 2.24) is 15.0 Å². The number of sulfonamides is 1. The molecular formula is C9H7Br2N5O2S. The third kappa shape index (κ3) is 3.19. The third-order valence-electron chi connectivity index (χ3n) is 2.02. The van der Waals surface area contributed by atoms with Crippen LogP contribution in [0.2, 0.25) is 0 Å². The maximum atomic E-state index is 12.1. The molecule has 0 aliphatic heterocycles. The maximum absolute atomic E-state index is 12.1. The van der Waals surface area contributed by atoms with Crippen LogP contribution in [0.5, 0.6) is 0 Å². The summed E-state index contributed by atoms with van der Waals surface area (Å²) in [7, 11) is -3.86. The molecule has 10 heteroatoms. The topological polar surface area (TPSA) is 111 Å². The number of anilines is 2. The number of aromatic nitrogens is 3. The van der Waals surface area contributed by atoms with E-state index in [-0.39, 0.29) is 21.1 Å². The Morgan fingerprint density at radius 3 is 2.63 bits per heavy atom. The molecule has 0 aliphatic rings. The zero-order valence-corrected chi connectivity index (χ0v) is 13.2. The summed E-state index contributed by atoms with van der Waals surface area (Å²) in [5, 5.41) is 0. The second-order valence-electron chi connectivity index (χ2n) is 3.32. The number of halogens is 2. The first kappa shape index (κ1) is 14.2. The number of nitrogens with zero attached hydrogens (tertiary/aromatic N) is 3. The van der Waals surface area contributed by atoms with E-state index in [0.717, 1.165) is 0 Å². The molecular weight excluding hydrogens is 402 g/mol. The molecule has 0 spiro atoms. The van der Waals surface area contributed by atoms with Crippen molar-refractivity contribution in [1.29, 1.82) is 0 Å². The predicted octanol–water partition coefficient (Wildman–Crippen LogP) is 1.78. The molecule has 2 aromatic rings. The molecule has 19 heavy (non-hydrogen) atoms. The lowest BCUT2D eigenvalue weighted by Crippen LogP contribution is -2.16. The Morgan fingerprint density at radius 2 is 2.00 bits per heavy atom. The van der Waals surface area contributed by atoms with Crippen LogP contribution < -0.4 is 10.5 Å². The summed E-state index contributed by atoms with van der Waals surface area (Å²) in [5.41, 5.74) is 5.54. The summed E-state index contributed by atoms with van der Waals surface area (Å²) in [5.74, 6) is -0.0253. The Bertz CT molecular complexity index is 722. The number of nitrogens with one attached hydrogen (secondary N) is 1. The van der Waals surface area contributed by atoms with Crippen molar-refractivity contribution in [2.45, 2.75) is 4.90 Å². The highest BCUT2D eigenvalue weighted by molar-refractivity contribution is 9.11. The van der Waals surface area contributed by atoms with Crippen molar-refractivity contribution < 1.29 is 8.42 Å². The summed E-state index contributed by atoms with van der Waals surface area (Å²) in [6, 6.07) is 2.83. The number of nitrogens with two attached hydrogens (primary N) is 1. The van der Waals surface area contributed by atoms with Crippen LogP contribution in [0.15, 0.2) is 38.6 Å². The van der Waals surface area contributed by atoms with Crippen molar-refractivity contribution in [2.75, 3.05) is 10.5 Å². The molecule has 0 aliphatic carbocycles. The summed E-state index contributed by atoms with van der Waals surface area (Å²) in [6.07, 6.45) is 2.78. The SMILES string of the molecule is Nc1ncccc1S(=O)(=O)Nc1ncc(Br)nc1Br. The van der Waals surface area contributed by atoms with Gasteiger partial charge in [0.05, 0.1) is 6.20 Å². The van der Waals surface area contributed by atoms with E-state index in [1.165, 1.54) is 24.5 Å². The quantitative estimate of drug-likeness (QED) is 0.800. The fraction of sp³-hybridized carbons (Fsp3) is 0. The number of pyridine rings is 1. The molecule has 0 saturated carbocycles. The normalized spacial score (nSPS) is 11.3. The van der Waals surface area contributed by atoms with Gasteiger partial charge in [0.1, 0.15) is 15.3 Å². The van der Waals surface area contributed by atoms with Crippen LogP contribution in [0.4, 0.5) is 11.6 Å². The molecule has 2 heterocycles. The van der Waals surface area contributed by atoms with E-state index in [9.17, 15) is 8.42 Å². The standard InChI is InChI=1S/C9H7Br2N5O2S/c10-6-4-14-9(7(11)15-6)16-19(17,18)5-2-1-3-13-8(5)12/h1-4H,(H2,12,13)(H,14,16). The second kappa shape index (κ2) is 5.39. The van der Waals surface area contributed by atoms with E-state index in [1.807, 2.05) is 0 Å². The summed E-state index contributed by atoms with van der Waals surface area (Å²) in [4.78, 5) is 11.5. The van der Waals surface area contributed by atoms with E-state index in [2.05, 4.69) is 51.5 Å². The average Bonchev–Trinajstić information content (AvgIpc) is 2.33. The fourth-order valence-electron chi connectivity index (χ4n) is 1.23. The van der Waals surface area contributed by atoms with Gasteiger partial charge >= 0.3 is 0 Å². The van der Waals surface area contributed by atoms with Gasteiger partial charge in [-0.05, 0) is 44.0 Å². The molecule has 2 aromatic heterocycles. The predicted molar refractivity (Wildman–Crippen MR) is 76.9 cm³/mol. The number of nitrogen functional groups attached to an aromatic ring is 1. The van der Waals surface area contributed by atoms with Gasteiger partial charge in [-0.2, -0.15) is 0 Å². The Hall–Kier alpha value is -1.26. The highest BCUT2D eigenvalue weighted by atomic mass is 79.9. The molecule has 0 amide bonds. The number of hydrogen-bond acceptors (Lipinski definition) is 6. The van der Waals surface area contributed by atoms with Crippen LogP contribution in [0.1, 0.15) is 0 Å². The smallest absolute Gasteiger partial charge is 0.266 e. The lowest BCUT2D eigenvalue weighted by molar-refractivity contribution is 0.601. The average molecular weight is 409 g/mol. The zero-order valence-electron chi connectivity index (χ0n) is 9.21. The van der Waals surface area contributed by atoms with E-state index >= 15 is 0 Å². The molecule has 0 unspecified atom stereocenters. The van der Waals surface area contributed by atoms with Crippen LogP contribution in [0.3, 0.4) is 0 Å². The lowest BCUT2D eigenvalue weighted by Gasteiger charge is -2.09. The van der Waals surface area contributed by atoms with Gasteiger partial charge in [0.15, 0.2) is 10.4 Å². The first-order valence-electron chi connectivity index (χ1n) is 4.81. The van der Waals surface area contributed by atoms with Crippen LogP contribution in [-0.4, -0.2) is 23.4 Å². The Morgan fingerprint density at radius 1 is 1.26 bits per heavy atom. The van der Waals surface area contributed by atoms with Gasteiger partial charge in [-0.3, -0.25) is 4.72 Å². The summed E-state index contributed by atoms with van der Waals surface area (Å²) >= 11 is 6.24. The van der Waals surface area contributed by atoms with Gasteiger partial charge in [0.2, 0.25) is 0 Å². The summed E-state index contributed by atoms with van der Waals surface area (Å²) in [6.45, 7) is 0. The van der Waals surface area contributed by atoms with Crippen LogP contribution >= 0.6 is 31.9 Å². The molecule has 0 bridgehead atoms. The second-order valence-corrected chi connectivity index (χ2v) is 6.54. The van der Waals surface area contributed by atoms with Crippen LogP contribution in [0.25, 0.3) is 0 Å². The molecule has 0 radical (unpaired) electrons. The van der Waals surface area contributed by atoms with E-state index in [0.29, 0.717) is 4.60 Å². The van der Waals surface area contributed by atoms with Gasteiger partial charge in [-0.1, -0.05) is 0 Å². The molecule has 0 saturated heterocycles. The molecule has 0 atom stereocenters. The monoisotopic (exact) mass is 407 g/mol. The van der Waals surface area contributed by atoms with Crippen LogP contribution in [-0.2, 0) is 10.0 Å². The summed E-state index contributed by atoms with van der Waals surface area (Å²) < 4.78 is 27.3. The van der Waals surface area contributed by atoms with Gasteiger partial charge < -0.3 is 5.73 Å². The lowest BCUT2D eigenvalue weighted by atomic mass is 10.5. The highest BCUT2D eigenvalue weighted by Crippen LogP contribution is 2.23. The molecule has 0 aromatic carbocycles. The first-order chi connectivity index (χ1) is 8.90. The van der Waals surface area contributed by atoms with Crippen molar-refractivity contribution in [3.8, 4) is 0 Å². The Balaban J connectivity index is 2.40. The van der Waals surface area contributed by atoms with Crippen LogP contribution in [0, 0.1) is 0 Å². The number of hydrogen-bond donors (Lipinski definition) is 2. The zero-order chi connectivity index (χ0) is 14.0. The van der Waals surface area contributed by atoms with Crippen molar-refractivity contribution in [3.63, 3.8) is 0 Å². The molecule has 3 N–H and O–H groups in total. The Kier molecular flexibility index (Phi) is 4.02. The van der Waals surface area contributed by atoms with Gasteiger partial charge in [-0.25, -0.2) is 23.4 Å². The third-order valence-corrected chi connectivity index (χ3v) is 4.34. The molecule has 7 nitrogen and oxygen atoms in total. The van der Waals surface area contributed by atoms with E-state index in [1.54, 1.807) is 0 Å². The largest absolute Gasteiger partial charge is 0.383 e. The molecule has 100 valence electrons. The van der Waals surface area contributed by atoms with E-state index in [4.69, 9.17) is 5.73 Å². The van der Waals surface area contributed by atoms with Gasteiger partial charge in [0.25, 0.3) is 10.0 Å².